The molecular weight excluding hydrogens is 398 g/mol. The second-order valence-electron chi connectivity index (χ2n) is 10.2. The van der Waals surface area contributed by atoms with Crippen molar-refractivity contribution in [2.75, 3.05) is 23.3 Å². The van der Waals surface area contributed by atoms with Gasteiger partial charge in [0.25, 0.3) is 0 Å². The molecular formula is C23H39N3O3S. The second-order valence-corrected chi connectivity index (χ2v) is 12.7. The highest BCUT2D eigenvalue weighted by molar-refractivity contribution is 7.90. The zero-order chi connectivity index (χ0) is 22.1. The van der Waals surface area contributed by atoms with Crippen molar-refractivity contribution < 1.29 is 13.2 Å². The molecule has 0 spiro atoms. The quantitative estimate of drug-likeness (QED) is 0.691. The van der Waals surface area contributed by atoms with Crippen molar-refractivity contribution in [1.82, 2.24) is 4.72 Å². The van der Waals surface area contributed by atoms with Crippen molar-refractivity contribution >= 4 is 21.4 Å². The van der Waals surface area contributed by atoms with Crippen molar-refractivity contribution in [2.45, 2.75) is 90.2 Å². The zero-order valence-electron chi connectivity index (χ0n) is 19.4. The molecule has 0 saturated heterocycles. The Morgan fingerprint density at radius 2 is 1.83 bits per heavy atom. The standard InChI is InChI=1S/C23H39N3O3S/c1-16(2)26-15-17(3)29-22-13-20(11-12-21(22)26)24-14-18-7-9-19(10-8-18)25-30(27,28)23(4,5)6/h11-13,16-19,24-25H,7-10,14-15H2,1-6H3/t17?,18-,19-. The van der Waals surface area contributed by atoms with Crippen molar-refractivity contribution in [1.29, 1.82) is 0 Å². The lowest BCUT2D eigenvalue weighted by Gasteiger charge is -2.38. The highest BCUT2D eigenvalue weighted by Crippen LogP contribution is 2.37. The lowest BCUT2D eigenvalue weighted by Crippen LogP contribution is -2.46. The predicted octanol–water partition coefficient (Wildman–Crippen LogP) is 4.37. The molecule has 30 heavy (non-hydrogen) atoms. The van der Waals surface area contributed by atoms with Crippen LogP contribution in [0.4, 0.5) is 11.4 Å². The fraction of sp³-hybridized carbons (Fsp3) is 0.739. The molecule has 1 saturated carbocycles. The first-order valence-corrected chi connectivity index (χ1v) is 12.8. The number of ether oxygens (including phenoxy) is 1. The van der Waals surface area contributed by atoms with Gasteiger partial charge < -0.3 is 15.0 Å². The van der Waals surface area contributed by atoms with E-state index in [9.17, 15) is 8.42 Å². The highest BCUT2D eigenvalue weighted by atomic mass is 32.2. The summed E-state index contributed by atoms with van der Waals surface area (Å²) in [6, 6.07) is 6.91. The minimum atomic E-state index is -3.28. The molecule has 0 aromatic heterocycles. The molecule has 0 bridgehead atoms. The number of hydrogen-bond donors (Lipinski definition) is 2. The van der Waals surface area contributed by atoms with Crippen LogP contribution in [0, 0.1) is 5.92 Å². The molecule has 6 nitrogen and oxygen atoms in total. The third-order valence-corrected chi connectivity index (χ3v) is 8.50. The van der Waals surface area contributed by atoms with E-state index < -0.39 is 14.8 Å². The van der Waals surface area contributed by atoms with E-state index in [4.69, 9.17) is 4.74 Å². The maximum Gasteiger partial charge on any atom is 0.216 e. The van der Waals surface area contributed by atoms with Gasteiger partial charge in [-0.3, -0.25) is 0 Å². The fourth-order valence-electron chi connectivity index (χ4n) is 4.22. The van der Waals surface area contributed by atoms with E-state index in [1.807, 2.05) is 0 Å². The Morgan fingerprint density at radius 3 is 2.43 bits per heavy atom. The van der Waals surface area contributed by atoms with Gasteiger partial charge in [-0.05, 0) is 85.3 Å². The van der Waals surface area contributed by atoms with Crippen LogP contribution in [0.15, 0.2) is 18.2 Å². The van der Waals surface area contributed by atoms with E-state index in [1.165, 1.54) is 5.69 Å². The first-order valence-electron chi connectivity index (χ1n) is 11.3. The Bertz CT molecular complexity index is 825. The van der Waals surface area contributed by atoms with E-state index in [1.54, 1.807) is 20.8 Å². The summed E-state index contributed by atoms with van der Waals surface area (Å²) in [6.07, 6.45) is 4.04. The molecule has 1 fully saturated rings. The largest absolute Gasteiger partial charge is 0.487 e. The van der Waals surface area contributed by atoms with E-state index in [-0.39, 0.29) is 12.1 Å². The topological polar surface area (TPSA) is 70.7 Å². The number of nitrogens with one attached hydrogen (secondary N) is 2. The van der Waals surface area contributed by atoms with Crippen molar-refractivity contribution in [3.8, 4) is 5.75 Å². The molecule has 7 heteroatoms. The Morgan fingerprint density at radius 1 is 1.17 bits per heavy atom. The number of anilines is 2. The third kappa shape index (κ3) is 5.41. The second kappa shape index (κ2) is 8.95. The van der Waals surface area contributed by atoms with Gasteiger partial charge in [-0.25, -0.2) is 13.1 Å². The van der Waals surface area contributed by atoms with Crippen LogP contribution in [0.1, 0.15) is 67.2 Å². The van der Waals surface area contributed by atoms with Crippen LogP contribution in [-0.4, -0.2) is 44.4 Å². The molecule has 170 valence electrons. The minimum absolute atomic E-state index is 0.0612. The Balaban J connectivity index is 1.52. The van der Waals surface area contributed by atoms with Crippen molar-refractivity contribution in [3.05, 3.63) is 18.2 Å². The van der Waals surface area contributed by atoms with E-state index >= 15 is 0 Å². The Hall–Kier alpha value is -1.47. The molecule has 1 aromatic rings. The average molecular weight is 438 g/mol. The van der Waals surface area contributed by atoms with Gasteiger partial charge in [-0.15, -0.1) is 0 Å². The van der Waals surface area contributed by atoms with Gasteiger partial charge in [0.2, 0.25) is 10.0 Å². The number of hydrogen-bond acceptors (Lipinski definition) is 5. The van der Waals surface area contributed by atoms with Crippen molar-refractivity contribution in [3.63, 3.8) is 0 Å². The molecule has 0 radical (unpaired) electrons. The number of nitrogens with zero attached hydrogens (tertiary/aromatic N) is 1. The molecule has 1 aromatic carbocycles. The Kier molecular flexibility index (Phi) is 6.92. The SMILES string of the molecule is CC1CN(C(C)C)c2ccc(NC[C@H]3CC[C@H](NS(=O)(=O)C(C)(C)C)CC3)cc2O1. The molecule has 3 rings (SSSR count). The minimum Gasteiger partial charge on any atom is -0.487 e. The van der Waals surface area contributed by atoms with E-state index in [0.717, 1.165) is 50.2 Å². The van der Waals surface area contributed by atoms with Crippen LogP contribution in [-0.2, 0) is 10.0 Å². The van der Waals surface area contributed by atoms with Crippen LogP contribution < -0.4 is 19.7 Å². The smallest absolute Gasteiger partial charge is 0.216 e. The fourth-order valence-corrected chi connectivity index (χ4v) is 5.25. The summed E-state index contributed by atoms with van der Waals surface area (Å²) in [7, 11) is -3.28. The van der Waals surface area contributed by atoms with Gasteiger partial charge in [0.1, 0.15) is 11.9 Å². The van der Waals surface area contributed by atoms with Crippen molar-refractivity contribution in [2.24, 2.45) is 5.92 Å². The monoisotopic (exact) mass is 437 g/mol. The third-order valence-electron chi connectivity index (χ3n) is 6.24. The van der Waals surface area contributed by atoms with Crippen LogP contribution in [0.25, 0.3) is 0 Å². The summed E-state index contributed by atoms with van der Waals surface area (Å²) in [5.74, 6) is 1.51. The highest BCUT2D eigenvalue weighted by Gasteiger charge is 2.33. The molecule has 1 atom stereocenters. The molecule has 1 unspecified atom stereocenters. The molecule has 1 heterocycles. The summed E-state index contributed by atoms with van der Waals surface area (Å²) in [6.45, 7) is 13.6. The van der Waals surface area contributed by atoms with Gasteiger partial charge in [0.15, 0.2) is 0 Å². The van der Waals surface area contributed by atoms with Gasteiger partial charge in [0, 0.05) is 30.4 Å². The zero-order valence-corrected chi connectivity index (χ0v) is 20.2. The van der Waals surface area contributed by atoms with Crippen LogP contribution in [0.2, 0.25) is 0 Å². The number of rotatable bonds is 6. The molecule has 0 amide bonds. The van der Waals surface area contributed by atoms with Gasteiger partial charge in [-0.2, -0.15) is 0 Å². The lowest BCUT2D eigenvalue weighted by molar-refractivity contribution is 0.209. The van der Waals surface area contributed by atoms with Gasteiger partial charge >= 0.3 is 0 Å². The molecule has 1 aliphatic carbocycles. The molecule has 2 aliphatic rings. The maximum atomic E-state index is 12.4. The van der Waals surface area contributed by atoms with Crippen LogP contribution in [0.5, 0.6) is 5.75 Å². The number of sulfonamides is 1. The summed E-state index contributed by atoms with van der Waals surface area (Å²) >= 11 is 0. The van der Waals surface area contributed by atoms with E-state index in [0.29, 0.717) is 12.0 Å². The average Bonchev–Trinajstić information content (AvgIpc) is 2.65. The summed E-state index contributed by atoms with van der Waals surface area (Å²) in [4.78, 5) is 2.40. The number of fused-ring (bicyclic) bond motifs is 1. The summed E-state index contributed by atoms with van der Waals surface area (Å²) in [5, 5.41) is 3.57. The van der Waals surface area contributed by atoms with Gasteiger partial charge in [0.05, 0.1) is 17.0 Å². The van der Waals surface area contributed by atoms with E-state index in [2.05, 4.69) is 53.9 Å². The maximum absolute atomic E-state index is 12.4. The molecule has 2 N–H and O–H groups in total. The molecule has 1 aliphatic heterocycles. The predicted molar refractivity (Wildman–Crippen MR) is 125 cm³/mol. The first kappa shape index (κ1) is 23.2. The summed E-state index contributed by atoms with van der Waals surface area (Å²) < 4.78 is 33.0. The summed E-state index contributed by atoms with van der Waals surface area (Å²) in [5.41, 5.74) is 2.25. The lowest BCUT2D eigenvalue weighted by atomic mass is 9.86. The van der Waals surface area contributed by atoms with Gasteiger partial charge in [-0.1, -0.05) is 0 Å². The van der Waals surface area contributed by atoms with Crippen LogP contribution in [0.3, 0.4) is 0 Å². The first-order chi connectivity index (χ1) is 14.0. The number of benzene rings is 1. The normalized spacial score (nSPS) is 25.0. The Labute approximate surface area is 182 Å². The van der Waals surface area contributed by atoms with Crippen LogP contribution >= 0.6 is 0 Å².